The molecule has 0 fully saturated rings. The molecule has 0 aliphatic heterocycles. The fourth-order valence-electron chi connectivity index (χ4n) is 1.23. The van der Waals surface area contributed by atoms with Crippen LogP contribution in [0.2, 0.25) is 0 Å². The minimum Gasteiger partial charge on any atom is -0.465 e. The van der Waals surface area contributed by atoms with Crippen molar-refractivity contribution >= 4 is 11.9 Å². The molecule has 0 aromatic rings. The number of hydrogen-bond acceptors (Lipinski definition) is 4. The molecule has 0 heterocycles. The summed E-state index contributed by atoms with van der Waals surface area (Å²) in [5, 5.41) is 0. The molecular formula is C12H22O4. The number of carbonyl (C=O) groups excluding carboxylic acids is 2. The normalized spacial score (nSPS) is 10.2. The van der Waals surface area contributed by atoms with E-state index in [-0.39, 0.29) is 0 Å². The van der Waals surface area contributed by atoms with Crippen LogP contribution in [-0.4, -0.2) is 25.2 Å². The van der Waals surface area contributed by atoms with E-state index in [1.807, 2.05) is 20.8 Å². The van der Waals surface area contributed by atoms with Crippen LogP contribution in [0.3, 0.4) is 0 Å². The number of rotatable bonds is 8. The van der Waals surface area contributed by atoms with Gasteiger partial charge in [0.15, 0.2) is 5.92 Å². The van der Waals surface area contributed by atoms with E-state index in [0.29, 0.717) is 19.6 Å². The van der Waals surface area contributed by atoms with Gasteiger partial charge in [0.1, 0.15) is 0 Å². The molecule has 0 saturated heterocycles. The molecule has 0 radical (unpaired) electrons. The van der Waals surface area contributed by atoms with Crippen LogP contribution in [0, 0.1) is 5.92 Å². The first-order valence-corrected chi connectivity index (χ1v) is 6.00. The van der Waals surface area contributed by atoms with Crippen molar-refractivity contribution in [1.82, 2.24) is 0 Å². The summed E-state index contributed by atoms with van der Waals surface area (Å²) >= 11 is 0. The van der Waals surface area contributed by atoms with Gasteiger partial charge in [0.2, 0.25) is 0 Å². The Morgan fingerprint density at radius 2 is 1.31 bits per heavy atom. The predicted octanol–water partition coefficient (Wildman–Crippen LogP) is 2.31. The number of ether oxygens (including phenoxy) is 2. The summed E-state index contributed by atoms with van der Waals surface area (Å²) in [4.78, 5) is 23.1. The van der Waals surface area contributed by atoms with Gasteiger partial charge < -0.3 is 9.47 Å². The molecule has 4 heteroatoms. The molecule has 0 bridgehead atoms. The highest BCUT2D eigenvalue weighted by molar-refractivity contribution is 5.94. The number of carbonyl (C=O) groups is 2. The highest BCUT2D eigenvalue weighted by Gasteiger charge is 2.28. The second kappa shape index (κ2) is 9.19. The first-order valence-electron chi connectivity index (χ1n) is 6.00. The summed E-state index contributed by atoms with van der Waals surface area (Å²) in [5.41, 5.74) is 0. The maximum absolute atomic E-state index is 11.6. The molecule has 0 saturated carbocycles. The van der Waals surface area contributed by atoms with Crippen molar-refractivity contribution in [3.63, 3.8) is 0 Å². The Morgan fingerprint density at radius 1 is 0.875 bits per heavy atom. The third-order valence-electron chi connectivity index (χ3n) is 2.04. The zero-order valence-corrected chi connectivity index (χ0v) is 10.5. The summed E-state index contributed by atoms with van der Waals surface area (Å²) in [6, 6.07) is 0. The Kier molecular flexibility index (Phi) is 8.58. The lowest BCUT2D eigenvalue weighted by Crippen LogP contribution is -2.28. The first-order chi connectivity index (χ1) is 7.67. The average Bonchev–Trinajstić information content (AvgIpc) is 2.29. The largest absolute Gasteiger partial charge is 0.465 e. The fourth-order valence-corrected chi connectivity index (χ4v) is 1.23. The van der Waals surface area contributed by atoms with E-state index < -0.39 is 17.9 Å². The van der Waals surface area contributed by atoms with Gasteiger partial charge in [-0.3, -0.25) is 9.59 Å². The molecule has 0 atom stereocenters. The van der Waals surface area contributed by atoms with Gasteiger partial charge in [-0.1, -0.05) is 27.2 Å². The minimum atomic E-state index is -0.747. The number of esters is 2. The standard InChI is InChI=1S/C12H22O4/c1-4-7-10(11(13)15-8-5-2)12(14)16-9-6-3/h10H,4-9H2,1-3H3. The molecule has 0 unspecified atom stereocenters. The van der Waals surface area contributed by atoms with Gasteiger partial charge in [0.05, 0.1) is 13.2 Å². The Bertz CT molecular complexity index is 193. The molecular weight excluding hydrogens is 208 g/mol. The topological polar surface area (TPSA) is 52.6 Å². The molecule has 0 spiro atoms. The van der Waals surface area contributed by atoms with E-state index >= 15 is 0 Å². The minimum absolute atomic E-state index is 0.361. The highest BCUT2D eigenvalue weighted by atomic mass is 16.6. The molecule has 0 rings (SSSR count). The summed E-state index contributed by atoms with van der Waals surface area (Å²) in [5.74, 6) is -1.65. The SMILES string of the molecule is CCCOC(=O)C(CCC)C(=O)OCCC. The van der Waals surface area contributed by atoms with Gasteiger partial charge in [-0.2, -0.15) is 0 Å². The second-order valence-corrected chi connectivity index (χ2v) is 3.68. The van der Waals surface area contributed by atoms with Gasteiger partial charge in [0.25, 0.3) is 0 Å². The van der Waals surface area contributed by atoms with Crippen molar-refractivity contribution in [1.29, 1.82) is 0 Å². The summed E-state index contributed by atoms with van der Waals surface area (Å²) in [7, 11) is 0. The lowest BCUT2D eigenvalue weighted by molar-refractivity contribution is -0.162. The zero-order valence-electron chi connectivity index (χ0n) is 10.5. The van der Waals surface area contributed by atoms with Crippen LogP contribution in [0.4, 0.5) is 0 Å². The van der Waals surface area contributed by atoms with Crippen molar-refractivity contribution in [3.8, 4) is 0 Å². The van der Waals surface area contributed by atoms with Crippen LogP contribution < -0.4 is 0 Å². The van der Waals surface area contributed by atoms with E-state index in [4.69, 9.17) is 9.47 Å². The van der Waals surface area contributed by atoms with Gasteiger partial charge >= 0.3 is 11.9 Å². The van der Waals surface area contributed by atoms with Crippen LogP contribution in [0.1, 0.15) is 46.5 Å². The highest BCUT2D eigenvalue weighted by Crippen LogP contribution is 2.11. The molecule has 94 valence electrons. The van der Waals surface area contributed by atoms with Gasteiger partial charge in [-0.05, 0) is 19.3 Å². The average molecular weight is 230 g/mol. The Morgan fingerprint density at radius 3 is 1.62 bits per heavy atom. The van der Waals surface area contributed by atoms with Crippen LogP contribution in [0.25, 0.3) is 0 Å². The summed E-state index contributed by atoms with van der Waals surface area (Å²) in [6.45, 7) is 6.47. The van der Waals surface area contributed by atoms with Crippen molar-refractivity contribution < 1.29 is 19.1 Å². The number of hydrogen-bond donors (Lipinski definition) is 0. The van der Waals surface area contributed by atoms with Crippen LogP contribution in [0.15, 0.2) is 0 Å². The Labute approximate surface area is 97.3 Å². The predicted molar refractivity (Wildman–Crippen MR) is 60.9 cm³/mol. The molecule has 0 aliphatic rings. The second-order valence-electron chi connectivity index (χ2n) is 3.68. The molecule has 4 nitrogen and oxygen atoms in total. The van der Waals surface area contributed by atoms with Gasteiger partial charge in [-0.15, -0.1) is 0 Å². The molecule has 0 aliphatic carbocycles. The lowest BCUT2D eigenvalue weighted by Gasteiger charge is -2.13. The zero-order chi connectivity index (χ0) is 12.4. The summed E-state index contributed by atoms with van der Waals surface area (Å²) in [6.07, 6.45) is 2.77. The third kappa shape index (κ3) is 5.73. The van der Waals surface area contributed by atoms with Crippen LogP contribution in [0.5, 0.6) is 0 Å². The maximum Gasteiger partial charge on any atom is 0.320 e. The van der Waals surface area contributed by atoms with E-state index in [2.05, 4.69) is 0 Å². The van der Waals surface area contributed by atoms with Crippen LogP contribution >= 0.6 is 0 Å². The molecule has 0 N–H and O–H groups in total. The fraction of sp³-hybridized carbons (Fsp3) is 0.833. The van der Waals surface area contributed by atoms with Crippen LogP contribution in [-0.2, 0) is 19.1 Å². The van der Waals surface area contributed by atoms with E-state index in [0.717, 1.165) is 19.3 Å². The molecule has 16 heavy (non-hydrogen) atoms. The third-order valence-corrected chi connectivity index (χ3v) is 2.04. The van der Waals surface area contributed by atoms with E-state index in [1.54, 1.807) is 0 Å². The van der Waals surface area contributed by atoms with Gasteiger partial charge in [0, 0.05) is 0 Å². The van der Waals surface area contributed by atoms with Crippen molar-refractivity contribution in [2.45, 2.75) is 46.5 Å². The smallest absolute Gasteiger partial charge is 0.320 e. The monoisotopic (exact) mass is 230 g/mol. The molecule has 0 amide bonds. The van der Waals surface area contributed by atoms with E-state index in [9.17, 15) is 9.59 Å². The van der Waals surface area contributed by atoms with Crippen molar-refractivity contribution in [2.24, 2.45) is 5.92 Å². The summed E-state index contributed by atoms with van der Waals surface area (Å²) < 4.78 is 9.93. The quantitative estimate of drug-likeness (QED) is 0.474. The van der Waals surface area contributed by atoms with Crippen molar-refractivity contribution in [3.05, 3.63) is 0 Å². The lowest BCUT2D eigenvalue weighted by atomic mass is 10.0. The maximum atomic E-state index is 11.6. The Hall–Kier alpha value is -1.06. The van der Waals surface area contributed by atoms with Crippen molar-refractivity contribution in [2.75, 3.05) is 13.2 Å². The van der Waals surface area contributed by atoms with E-state index in [1.165, 1.54) is 0 Å². The molecule has 0 aromatic carbocycles. The molecule has 0 aromatic heterocycles. The first kappa shape index (κ1) is 14.9. The van der Waals surface area contributed by atoms with Gasteiger partial charge in [-0.25, -0.2) is 0 Å². The Balaban J connectivity index is 4.22.